The van der Waals surface area contributed by atoms with Crippen LogP contribution < -0.4 is 5.73 Å². The maximum Gasteiger partial charge on any atom is 0.180 e. The second-order valence-electron chi connectivity index (χ2n) is 4.61. The molecular weight excluding hydrogens is 284 g/mol. The Kier molecular flexibility index (Phi) is 3.54. The average Bonchev–Trinajstić information content (AvgIpc) is 2.49. The molecule has 0 fully saturated rings. The van der Waals surface area contributed by atoms with E-state index in [0.29, 0.717) is 22.4 Å². The summed E-state index contributed by atoms with van der Waals surface area (Å²) in [6.45, 7) is 1.91. The Morgan fingerprint density at radius 2 is 1.76 bits per heavy atom. The van der Waals surface area contributed by atoms with Crippen LogP contribution in [0.5, 0.6) is 0 Å². The van der Waals surface area contributed by atoms with Gasteiger partial charge in [-0.05, 0) is 36.8 Å². The van der Waals surface area contributed by atoms with Crippen LogP contribution in [-0.4, -0.2) is 15.0 Å². The normalized spacial score (nSPS) is 10.6. The molecule has 4 nitrogen and oxygen atoms in total. The van der Waals surface area contributed by atoms with Crippen LogP contribution in [0.3, 0.4) is 0 Å². The Balaban J connectivity index is 2.11. The second kappa shape index (κ2) is 5.50. The molecule has 0 aliphatic rings. The van der Waals surface area contributed by atoms with Gasteiger partial charge in [-0.15, -0.1) is 0 Å². The molecule has 21 heavy (non-hydrogen) atoms. The van der Waals surface area contributed by atoms with Crippen LogP contribution in [0.15, 0.2) is 48.7 Å². The number of hydrogen-bond donors (Lipinski definition) is 1. The van der Waals surface area contributed by atoms with Crippen LogP contribution >= 0.6 is 11.6 Å². The van der Waals surface area contributed by atoms with E-state index in [4.69, 9.17) is 17.3 Å². The standard InChI is InChI=1S/C16H13ClN4/c1-10-14(11-5-7-12(17)8-6-11)15(18)21-16(20-10)13-4-2-3-9-19-13/h2-9H,1H3,(H2,18,20,21). The number of hydrogen-bond acceptors (Lipinski definition) is 4. The van der Waals surface area contributed by atoms with E-state index in [1.807, 2.05) is 49.4 Å². The highest BCUT2D eigenvalue weighted by Crippen LogP contribution is 2.29. The Morgan fingerprint density at radius 3 is 2.38 bits per heavy atom. The van der Waals surface area contributed by atoms with Gasteiger partial charge in [0.2, 0.25) is 0 Å². The third kappa shape index (κ3) is 2.71. The third-order valence-electron chi connectivity index (χ3n) is 3.14. The Labute approximate surface area is 127 Å². The minimum Gasteiger partial charge on any atom is -0.383 e. The molecule has 0 bridgehead atoms. The summed E-state index contributed by atoms with van der Waals surface area (Å²) < 4.78 is 0. The first-order valence-electron chi connectivity index (χ1n) is 6.46. The summed E-state index contributed by atoms with van der Waals surface area (Å²) in [7, 11) is 0. The van der Waals surface area contributed by atoms with E-state index in [1.165, 1.54) is 0 Å². The van der Waals surface area contributed by atoms with Gasteiger partial charge < -0.3 is 5.73 Å². The molecule has 3 rings (SSSR count). The van der Waals surface area contributed by atoms with E-state index in [9.17, 15) is 0 Å². The summed E-state index contributed by atoms with van der Waals surface area (Å²) in [6.07, 6.45) is 1.71. The van der Waals surface area contributed by atoms with E-state index < -0.39 is 0 Å². The molecular formula is C16H13ClN4. The quantitative estimate of drug-likeness (QED) is 0.782. The highest BCUT2D eigenvalue weighted by atomic mass is 35.5. The molecule has 2 aromatic heterocycles. The van der Waals surface area contributed by atoms with Crippen molar-refractivity contribution in [1.29, 1.82) is 0 Å². The van der Waals surface area contributed by atoms with Crippen molar-refractivity contribution in [3.63, 3.8) is 0 Å². The first-order valence-corrected chi connectivity index (χ1v) is 6.84. The fraction of sp³-hybridized carbons (Fsp3) is 0.0625. The van der Waals surface area contributed by atoms with Gasteiger partial charge in [-0.25, -0.2) is 9.97 Å². The van der Waals surface area contributed by atoms with E-state index >= 15 is 0 Å². The Bertz CT molecular complexity index is 747. The van der Waals surface area contributed by atoms with Gasteiger partial charge >= 0.3 is 0 Å². The largest absolute Gasteiger partial charge is 0.383 e. The molecule has 0 aliphatic heterocycles. The van der Waals surface area contributed by atoms with E-state index in [0.717, 1.165) is 16.8 Å². The molecule has 1 aromatic carbocycles. The van der Waals surface area contributed by atoms with Gasteiger partial charge in [0, 0.05) is 16.8 Å². The van der Waals surface area contributed by atoms with Crippen LogP contribution in [0, 0.1) is 6.92 Å². The zero-order chi connectivity index (χ0) is 14.8. The van der Waals surface area contributed by atoms with Crippen molar-refractivity contribution in [2.45, 2.75) is 6.92 Å². The fourth-order valence-electron chi connectivity index (χ4n) is 2.18. The van der Waals surface area contributed by atoms with Gasteiger partial charge in [0.1, 0.15) is 11.5 Å². The number of nitrogens with zero attached hydrogens (tertiary/aromatic N) is 3. The first-order chi connectivity index (χ1) is 10.1. The summed E-state index contributed by atoms with van der Waals surface area (Å²) in [4.78, 5) is 13.1. The Hall–Kier alpha value is -2.46. The van der Waals surface area contributed by atoms with Crippen molar-refractivity contribution < 1.29 is 0 Å². The van der Waals surface area contributed by atoms with Gasteiger partial charge in [0.15, 0.2) is 5.82 Å². The van der Waals surface area contributed by atoms with Crippen LogP contribution in [-0.2, 0) is 0 Å². The predicted octanol–water partition coefficient (Wildman–Crippen LogP) is 3.75. The lowest BCUT2D eigenvalue weighted by molar-refractivity contribution is 1.10. The number of nitrogens with two attached hydrogens (primary N) is 1. The summed E-state index contributed by atoms with van der Waals surface area (Å²) in [5.74, 6) is 0.966. The highest BCUT2D eigenvalue weighted by Gasteiger charge is 2.13. The van der Waals surface area contributed by atoms with Crippen LogP contribution in [0.2, 0.25) is 5.02 Å². The summed E-state index contributed by atoms with van der Waals surface area (Å²) >= 11 is 5.91. The molecule has 2 heterocycles. The van der Waals surface area contributed by atoms with Crippen molar-refractivity contribution in [3.8, 4) is 22.6 Å². The minimum atomic E-state index is 0.436. The van der Waals surface area contributed by atoms with Crippen molar-refractivity contribution in [1.82, 2.24) is 15.0 Å². The molecule has 0 amide bonds. The number of nitrogen functional groups attached to an aromatic ring is 1. The molecule has 5 heteroatoms. The number of anilines is 1. The van der Waals surface area contributed by atoms with E-state index in [2.05, 4.69) is 15.0 Å². The number of aryl methyl sites for hydroxylation is 1. The Morgan fingerprint density at radius 1 is 1.00 bits per heavy atom. The molecule has 0 atom stereocenters. The van der Waals surface area contributed by atoms with E-state index in [1.54, 1.807) is 6.20 Å². The lowest BCUT2D eigenvalue weighted by atomic mass is 10.0. The van der Waals surface area contributed by atoms with E-state index in [-0.39, 0.29) is 0 Å². The molecule has 3 aromatic rings. The molecule has 0 saturated heterocycles. The van der Waals surface area contributed by atoms with Gasteiger partial charge in [0.05, 0.1) is 5.69 Å². The monoisotopic (exact) mass is 296 g/mol. The van der Waals surface area contributed by atoms with Gasteiger partial charge in [0.25, 0.3) is 0 Å². The zero-order valence-electron chi connectivity index (χ0n) is 11.4. The summed E-state index contributed by atoms with van der Waals surface area (Å²) in [5, 5.41) is 0.681. The van der Waals surface area contributed by atoms with Gasteiger partial charge in [-0.2, -0.15) is 0 Å². The molecule has 0 spiro atoms. The van der Waals surface area contributed by atoms with Crippen LogP contribution in [0.25, 0.3) is 22.6 Å². The van der Waals surface area contributed by atoms with Crippen LogP contribution in [0.1, 0.15) is 5.69 Å². The maximum atomic E-state index is 6.12. The van der Waals surface area contributed by atoms with Gasteiger partial charge in [-0.3, -0.25) is 4.98 Å². The highest BCUT2D eigenvalue weighted by molar-refractivity contribution is 6.30. The third-order valence-corrected chi connectivity index (χ3v) is 3.40. The second-order valence-corrected chi connectivity index (χ2v) is 5.05. The van der Waals surface area contributed by atoms with Crippen molar-refractivity contribution >= 4 is 17.4 Å². The molecule has 0 radical (unpaired) electrons. The average molecular weight is 297 g/mol. The maximum absolute atomic E-state index is 6.12. The lowest BCUT2D eigenvalue weighted by Gasteiger charge is -2.10. The zero-order valence-corrected chi connectivity index (χ0v) is 12.2. The van der Waals surface area contributed by atoms with Gasteiger partial charge in [-0.1, -0.05) is 29.8 Å². The van der Waals surface area contributed by atoms with Crippen molar-refractivity contribution in [3.05, 3.63) is 59.4 Å². The number of halogens is 1. The van der Waals surface area contributed by atoms with Crippen LogP contribution in [0.4, 0.5) is 5.82 Å². The molecule has 0 unspecified atom stereocenters. The number of rotatable bonds is 2. The first kappa shape index (κ1) is 13.5. The van der Waals surface area contributed by atoms with Crippen molar-refractivity contribution in [2.75, 3.05) is 5.73 Å². The SMILES string of the molecule is Cc1nc(-c2ccccn2)nc(N)c1-c1ccc(Cl)cc1. The minimum absolute atomic E-state index is 0.436. The number of aromatic nitrogens is 3. The lowest BCUT2D eigenvalue weighted by Crippen LogP contribution is -2.03. The smallest absolute Gasteiger partial charge is 0.180 e. The summed E-state index contributed by atoms with van der Waals surface area (Å²) in [6, 6.07) is 13.1. The predicted molar refractivity (Wildman–Crippen MR) is 84.9 cm³/mol. The molecule has 0 saturated carbocycles. The fourth-order valence-corrected chi connectivity index (χ4v) is 2.30. The number of pyridine rings is 1. The molecule has 0 aliphatic carbocycles. The van der Waals surface area contributed by atoms with Crippen molar-refractivity contribution in [2.24, 2.45) is 0 Å². The topological polar surface area (TPSA) is 64.7 Å². The molecule has 2 N–H and O–H groups in total. The number of benzene rings is 1. The molecule has 104 valence electrons. The summed E-state index contributed by atoms with van der Waals surface area (Å²) in [5.41, 5.74) is 9.40.